The van der Waals surface area contributed by atoms with Crippen molar-refractivity contribution in [2.45, 2.75) is 56.4 Å². The van der Waals surface area contributed by atoms with Crippen molar-refractivity contribution in [3.8, 4) is 22.6 Å². The van der Waals surface area contributed by atoms with Gasteiger partial charge in [-0.2, -0.15) is 0 Å². The molecule has 10 heteroatoms. The highest BCUT2D eigenvalue weighted by Gasteiger charge is 2.30. The lowest BCUT2D eigenvalue weighted by atomic mass is 9.90. The van der Waals surface area contributed by atoms with Crippen LogP contribution >= 0.6 is 35.0 Å². The number of rotatable bonds is 10. The molecule has 2 aliphatic rings. The Bertz CT molecular complexity index is 1590. The number of carbonyl (C=O) groups is 1. The van der Waals surface area contributed by atoms with Gasteiger partial charge in [0.1, 0.15) is 21.7 Å². The first-order chi connectivity index (χ1) is 19.4. The summed E-state index contributed by atoms with van der Waals surface area (Å²) in [6.07, 6.45) is 3.27. The minimum absolute atomic E-state index is 0.0331. The number of thioether (sulfide) groups is 1. The summed E-state index contributed by atoms with van der Waals surface area (Å²) in [5.74, 6) is 1.23. The zero-order chi connectivity index (χ0) is 29.5. The van der Waals surface area contributed by atoms with E-state index >= 15 is 0 Å². The van der Waals surface area contributed by atoms with Crippen molar-refractivity contribution < 1.29 is 27.8 Å². The van der Waals surface area contributed by atoms with Crippen LogP contribution in [0.2, 0.25) is 10.0 Å². The largest absolute Gasteiger partial charge is 0.490 e. The van der Waals surface area contributed by atoms with E-state index in [2.05, 4.69) is 12.1 Å². The van der Waals surface area contributed by atoms with Crippen LogP contribution in [0.4, 0.5) is 0 Å². The summed E-state index contributed by atoms with van der Waals surface area (Å²) in [6.45, 7) is 4.10. The summed E-state index contributed by atoms with van der Waals surface area (Å²) < 4.78 is 35.3. The summed E-state index contributed by atoms with van der Waals surface area (Å²) in [5, 5.41) is 10.1. The molecule has 1 heterocycles. The number of fused-ring (bicyclic) bond motifs is 2. The smallest absolute Gasteiger partial charge is 0.303 e. The van der Waals surface area contributed by atoms with E-state index in [9.17, 15) is 18.3 Å². The van der Waals surface area contributed by atoms with Crippen molar-refractivity contribution in [2.75, 3.05) is 24.4 Å². The molecule has 0 saturated heterocycles. The van der Waals surface area contributed by atoms with Crippen LogP contribution in [0.1, 0.15) is 59.1 Å². The Morgan fingerprint density at radius 3 is 2.51 bits per heavy atom. The molecule has 1 aliphatic carbocycles. The number of aliphatic carboxylic acids is 1. The average molecular weight is 636 g/mol. The van der Waals surface area contributed by atoms with Crippen LogP contribution in [0.3, 0.4) is 0 Å². The van der Waals surface area contributed by atoms with Crippen molar-refractivity contribution in [1.29, 1.82) is 0 Å². The van der Waals surface area contributed by atoms with Gasteiger partial charge in [-0.25, -0.2) is 8.42 Å². The second-order valence-corrected chi connectivity index (χ2v) is 14.8. The van der Waals surface area contributed by atoms with Gasteiger partial charge >= 0.3 is 5.97 Å². The maximum Gasteiger partial charge on any atom is 0.303 e. The number of hydrogen-bond acceptors (Lipinski definition) is 6. The number of sulfone groups is 1. The van der Waals surface area contributed by atoms with E-state index in [-0.39, 0.29) is 30.8 Å². The van der Waals surface area contributed by atoms with Crippen LogP contribution in [-0.2, 0) is 21.1 Å². The van der Waals surface area contributed by atoms with Gasteiger partial charge in [0.15, 0.2) is 5.75 Å². The number of hydrogen-bond donors (Lipinski definition) is 1. The molecule has 3 aromatic rings. The molecule has 218 valence electrons. The van der Waals surface area contributed by atoms with E-state index < -0.39 is 15.8 Å². The van der Waals surface area contributed by atoms with Crippen LogP contribution < -0.4 is 9.47 Å². The maximum atomic E-state index is 11.5. The maximum absolute atomic E-state index is 11.5. The van der Waals surface area contributed by atoms with Crippen molar-refractivity contribution in [3.63, 3.8) is 0 Å². The molecule has 0 fully saturated rings. The Kier molecular flexibility index (Phi) is 8.86. The Labute approximate surface area is 255 Å². The summed E-state index contributed by atoms with van der Waals surface area (Å²) in [7, 11) is -3.07. The van der Waals surface area contributed by atoms with Crippen molar-refractivity contribution in [1.82, 2.24) is 0 Å². The van der Waals surface area contributed by atoms with Gasteiger partial charge in [-0.05, 0) is 84.2 Å². The van der Waals surface area contributed by atoms with E-state index in [4.69, 9.17) is 32.7 Å². The fraction of sp³-hybridized carbons (Fsp3) is 0.387. The highest BCUT2D eigenvalue weighted by atomic mass is 35.5. The van der Waals surface area contributed by atoms with Crippen LogP contribution in [0.15, 0.2) is 41.3 Å². The van der Waals surface area contributed by atoms with Crippen molar-refractivity contribution in [2.24, 2.45) is 0 Å². The number of halogens is 2. The first-order valence-electron chi connectivity index (χ1n) is 13.5. The quantitative estimate of drug-likeness (QED) is 0.227. The molecular weight excluding hydrogens is 603 g/mol. The first-order valence-corrected chi connectivity index (χ1v) is 17.3. The van der Waals surface area contributed by atoms with Crippen LogP contribution in [-0.4, -0.2) is 43.9 Å². The predicted molar refractivity (Wildman–Crippen MR) is 165 cm³/mol. The van der Waals surface area contributed by atoms with Gasteiger partial charge < -0.3 is 14.6 Å². The predicted octanol–water partition coefficient (Wildman–Crippen LogP) is 7.82. The number of carboxylic acids is 1. The minimum atomic E-state index is -3.07. The Morgan fingerprint density at radius 1 is 1.10 bits per heavy atom. The molecule has 0 aromatic heterocycles. The third kappa shape index (κ3) is 6.36. The zero-order valence-corrected chi connectivity index (χ0v) is 26.3. The normalized spacial score (nSPS) is 17.8. The number of benzene rings is 3. The van der Waals surface area contributed by atoms with E-state index in [1.807, 2.05) is 38.1 Å². The average Bonchev–Trinajstić information content (AvgIpc) is 3.50. The molecule has 1 aliphatic heterocycles. The SMILES string of the molecule is Cc1c(Cl)c(OCCCS(C)(=O)=O)c(Cl)c(C)c1-c1cccc2c1CCC2Oc1ccc2c(c1)SCC2CC(=O)O. The summed E-state index contributed by atoms with van der Waals surface area (Å²) in [4.78, 5) is 12.3. The second kappa shape index (κ2) is 12.1. The Morgan fingerprint density at radius 2 is 1.83 bits per heavy atom. The van der Waals surface area contributed by atoms with Gasteiger partial charge in [-0.1, -0.05) is 47.5 Å². The van der Waals surface area contributed by atoms with Gasteiger partial charge in [-0.3, -0.25) is 4.79 Å². The van der Waals surface area contributed by atoms with Gasteiger partial charge in [-0.15, -0.1) is 11.8 Å². The van der Waals surface area contributed by atoms with Crippen LogP contribution in [0, 0.1) is 13.8 Å². The van der Waals surface area contributed by atoms with Crippen molar-refractivity contribution >= 4 is 50.8 Å². The lowest BCUT2D eigenvalue weighted by Gasteiger charge is -2.21. The highest BCUT2D eigenvalue weighted by Crippen LogP contribution is 2.49. The molecule has 6 nitrogen and oxygen atoms in total. The minimum Gasteiger partial charge on any atom is -0.490 e. The summed E-state index contributed by atoms with van der Waals surface area (Å²) >= 11 is 15.2. The molecule has 1 N–H and O–H groups in total. The molecular formula is C31H32Cl2O6S2. The topological polar surface area (TPSA) is 89.9 Å². The van der Waals surface area contributed by atoms with E-state index in [1.54, 1.807) is 11.8 Å². The Balaban J connectivity index is 1.39. The molecule has 2 atom stereocenters. The first kappa shape index (κ1) is 30.1. The lowest BCUT2D eigenvalue weighted by Crippen LogP contribution is -2.09. The molecule has 5 rings (SSSR count). The molecule has 0 saturated carbocycles. The van der Waals surface area contributed by atoms with E-state index in [1.165, 1.54) is 11.8 Å². The lowest BCUT2D eigenvalue weighted by molar-refractivity contribution is -0.137. The fourth-order valence-electron chi connectivity index (χ4n) is 5.81. The van der Waals surface area contributed by atoms with Crippen molar-refractivity contribution in [3.05, 3.63) is 74.3 Å². The Hall–Kier alpha value is -2.39. The molecule has 2 unspecified atom stereocenters. The van der Waals surface area contributed by atoms with Crippen LogP contribution in [0.5, 0.6) is 11.5 Å². The van der Waals surface area contributed by atoms with Gasteiger partial charge in [0, 0.05) is 22.8 Å². The fourth-order valence-corrected chi connectivity index (χ4v) is 8.27. The summed E-state index contributed by atoms with van der Waals surface area (Å²) in [5.41, 5.74) is 7.17. The van der Waals surface area contributed by atoms with Gasteiger partial charge in [0.05, 0.1) is 28.8 Å². The summed E-state index contributed by atoms with van der Waals surface area (Å²) in [6, 6.07) is 12.2. The monoisotopic (exact) mass is 634 g/mol. The van der Waals surface area contributed by atoms with Crippen LogP contribution in [0.25, 0.3) is 11.1 Å². The molecule has 0 bridgehead atoms. The van der Waals surface area contributed by atoms with E-state index in [0.717, 1.165) is 62.6 Å². The molecule has 41 heavy (non-hydrogen) atoms. The molecule has 3 aromatic carbocycles. The molecule has 0 radical (unpaired) electrons. The highest BCUT2D eigenvalue weighted by molar-refractivity contribution is 7.99. The standard InChI is InChI=1S/C31H32Cl2O6S2/c1-17-28(18(2)30(33)31(29(17)32)38-12-5-13-41(3,36)37)24-7-4-6-23-22(24)10-11-25(23)39-20-8-9-21-19(14-27(34)35)16-40-26(21)15-20/h4,6-9,15,19,25H,5,10-14,16H2,1-3H3,(H,34,35). The van der Waals surface area contributed by atoms with E-state index in [0.29, 0.717) is 22.2 Å². The second-order valence-electron chi connectivity index (χ2n) is 10.7. The van der Waals surface area contributed by atoms with Gasteiger partial charge in [0.25, 0.3) is 0 Å². The zero-order valence-electron chi connectivity index (χ0n) is 23.1. The third-order valence-corrected chi connectivity index (χ3v) is 10.9. The molecule has 0 amide bonds. The number of carboxylic acid groups (broad SMARTS) is 1. The number of ether oxygens (including phenoxy) is 2. The third-order valence-electron chi connectivity index (χ3n) is 7.76. The van der Waals surface area contributed by atoms with Gasteiger partial charge in [0.2, 0.25) is 0 Å². The molecule has 0 spiro atoms.